The quantitative estimate of drug-likeness (QED) is 0.439. The lowest BCUT2D eigenvalue weighted by Gasteiger charge is -2.17. The standard InChI is InChI=1S/C24H34O/c1-5-8-22(18-23-11-10-19(3)20(4)17-23)9-7-16-25-24-14-12-21(6-2)13-15-24/h10-15,17,22H,5-9,16,18H2,1-4H3. The van der Waals surface area contributed by atoms with E-state index in [9.17, 15) is 0 Å². The van der Waals surface area contributed by atoms with E-state index in [1.807, 2.05) is 0 Å². The summed E-state index contributed by atoms with van der Waals surface area (Å²) in [7, 11) is 0. The molecule has 25 heavy (non-hydrogen) atoms. The van der Waals surface area contributed by atoms with Crippen LogP contribution in [0, 0.1) is 19.8 Å². The Balaban J connectivity index is 1.79. The maximum Gasteiger partial charge on any atom is 0.119 e. The predicted molar refractivity (Wildman–Crippen MR) is 109 cm³/mol. The van der Waals surface area contributed by atoms with Crippen molar-refractivity contribution in [3.8, 4) is 5.75 Å². The van der Waals surface area contributed by atoms with E-state index >= 15 is 0 Å². The molecule has 2 rings (SSSR count). The summed E-state index contributed by atoms with van der Waals surface area (Å²) >= 11 is 0. The van der Waals surface area contributed by atoms with Crippen LogP contribution in [0.2, 0.25) is 0 Å². The van der Waals surface area contributed by atoms with Crippen molar-refractivity contribution in [1.82, 2.24) is 0 Å². The number of benzene rings is 2. The third-order valence-electron chi connectivity index (χ3n) is 5.15. The van der Waals surface area contributed by atoms with Gasteiger partial charge < -0.3 is 4.74 Å². The fourth-order valence-electron chi connectivity index (χ4n) is 3.40. The van der Waals surface area contributed by atoms with Gasteiger partial charge in [0.2, 0.25) is 0 Å². The molecule has 0 amide bonds. The van der Waals surface area contributed by atoms with Gasteiger partial charge in [-0.1, -0.05) is 57.0 Å². The fraction of sp³-hybridized carbons (Fsp3) is 0.500. The highest BCUT2D eigenvalue weighted by molar-refractivity contribution is 5.30. The molecule has 1 nitrogen and oxygen atoms in total. The van der Waals surface area contributed by atoms with E-state index in [1.54, 1.807) is 0 Å². The Kier molecular flexibility index (Phi) is 8.04. The van der Waals surface area contributed by atoms with Gasteiger partial charge in [-0.2, -0.15) is 0 Å². The largest absolute Gasteiger partial charge is 0.494 e. The minimum Gasteiger partial charge on any atom is -0.494 e. The molecule has 0 spiro atoms. The van der Waals surface area contributed by atoms with Gasteiger partial charge in [0.05, 0.1) is 6.61 Å². The van der Waals surface area contributed by atoms with Crippen molar-refractivity contribution in [2.75, 3.05) is 6.61 Å². The number of aryl methyl sites for hydroxylation is 3. The van der Waals surface area contributed by atoms with E-state index in [0.29, 0.717) is 0 Å². The van der Waals surface area contributed by atoms with Crippen molar-refractivity contribution in [2.45, 2.75) is 66.2 Å². The molecule has 136 valence electrons. The molecular formula is C24H34O. The Bertz CT molecular complexity index is 627. The Morgan fingerprint density at radius 2 is 1.56 bits per heavy atom. The fourth-order valence-corrected chi connectivity index (χ4v) is 3.40. The summed E-state index contributed by atoms with van der Waals surface area (Å²) in [6, 6.07) is 15.4. The van der Waals surface area contributed by atoms with Crippen LogP contribution in [0.5, 0.6) is 5.75 Å². The summed E-state index contributed by atoms with van der Waals surface area (Å²) in [5.41, 5.74) is 5.64. The summed E-state index contributed by atoms with van der Waals surface area (Å²) < 4.78 is 5.92. The molecule has 0 radical (unpaired) electrons. The van der Waals surface area contributed by atoms with Crippen LogP contribution in [-0.2, 0) is 12.8 Å². The van der Waals surface area contributed by atoms with Crippen molar-refractivity contribution in [1.29, 1.82) is 0 Å². The van der Waals surface area contributed by atoms with Crippen molar-refractivity contribution in [3.05, 3.63) is 64.7 Å². The minimum atomic E-state index is 0.762. The topological polar surface area (TPSA) is 9.23 Å². The number of hydrogen-bond acceptors (Lipinski definition) is 1. The Labute approximate surface area is 154 Å². The second kappa shape index (κ2) is 10.3. The molecule has 0 fully saturated rings. The third kappa shape index (κ3) is 6.57. The lowest BCUT2D eigenvalue weighted by molar-refractivity contribution is 0.287. The van der Waals surface area contributed by atoms with Gasteiger partial charge in [-0.05, 0) is 79.8 Å². The first-order valence-corrected chi connectivity index (χ1v) is 9.90. The van der Waals surface area contributed by atoms with Crippen molar-refractivity contribution >= 4 is 0 Å². The molecule has 1 heteroatoms. The van der Waals surface area contributed by atoms with Crippen LogP contribution in [0.1, 0.15) is 61.8 Å². The molecule has 0 aliphatic rings. The molecule has 1 unspecified atom stereocenters. The van der Waals surface area contributed by atoms with E-state index in [1.165, 1.54) is 47.9 Å². The van der Waals surface area contributed by atoms with Crippen molar-refractivity contribution in [2.24, 2.45) is 5.92 Å². The first-order chi connectivity index (χ1) is 12.1. The van der Waals surface area contributed by atoms with Gasteiger partial charge >= 0.3 is 0 Å². The average molecular weight is 339 g/mol. The van der Waals surface area contributed by atoms with E-state index in [2.05, 4.69) is 70.2 Å². The summed E-state index contributed by atoms with van der Waals surface area (Å²) in [4.78, 5) is 0. The van der Waals surface area contributed by atoms with Gasteiger partial charge in [0.15, 0.2) is 0 Å². The SMILES string of the molecule is CCCC(CCCOc1ccc(CC)cc1)Cc1ccc(C)c(C)c1. The van der Waals surface area contributed by atoms with Crippen molar-refractivity contribution in [3.63, 3.8) is 0 Å². The highest BCUT2D eigenvalue weighted by atomic mass is 16.5. The molecule has 0 bridgehead atoms. The zero-order valence-electron chi connectivity index (χ0n) is 16.5. The van der Waals surface area contributed by atoms with Crippen molar-refractivity contribution < 1.29 is 4.74 Å². The Morgan fingerprint density at radius 3 is 2.20 bits per heavy atom. The Hall–Kier alpha value is -1.76. The number of rotatable bonds is 10. The number of hydrogen-bond donors (Lipinski definition) is 0. The lowest BCUT2D eigenvalue weighted by atomic mass is 9.90. The summed E-state index contributed by atoms with van der Waals surface area (Å²) in [5.74, 6) is 1.76. The maximum atomic E-state index is 5.92. The minimum absolute atomic E-state index is 0.762. The molecule has 2 aromatic carbocycles. The van der Waals surface area contributed by atoms with Crippen LogP contribution in [-0.4, -0.2) is 6.61 Å². The highest BCUT2D eigenvalue weighted by Gasteiger charge is 2.10. The van der Waals surface area contributed by atoms with Crippen LogP contribution >= 0.6 is 0 Å². The molecule has 0 aromatic heterocycles. The van der Waals surface area contributed by atoms with E-state index in [-0.39, 0.29) is 0 Å². The molecular weight excluding hydrogens is 304 g/mol. The first kappa shape index (κ1) is 19.6. The van der Waals surface area contributed by atoms with Crippen LogP contribution < -0.4 is 4.74 Å². The summed E-state index contributed by atoms with van der Waals surface area (Å²) in [6.07, 6.45) is 7.21. The van der Waals surface area contributed by atoms with Gasteiger partial charge in [0, 0.05) is 0 Å². The monoisotopic (exact) mass is 338 g/mol. The predicted octanol–water partition coefficient (Wildman–Crippen LogP) is 6.68. The molecule has 0 N–H and O–H groups in total. The molecule has 0 saturated heterocycles. The van der Waals surface area contributed by atoms with Gasteiger partial charge in [0.1, 0.15) is 5.75 Å². The summed E-state index contributed by atoms with van der Waals surface area (Å²) in [5, 5.41) is 0. The number of ether oxygens (including phenoxy) is 1. The molecule has 2 aromatic rings. The van der Waals surface area contributed by atoms with Gasteiger partial charge in [0.25, 0.3) is 0 Å². The third-order valence-corrected chi connectivity index (χ3v) is 5.15. The van der Waals surface area contributed by atoms with Crippen LogP contribution in [0.4, 0.5) is 0 Å². The van der Waals surface area contributed by atoms with E-state index < -0.39 is 0 Å². The van der Waals surface area contributed by atoms with Gasteiger partial charge in [-0.3, -0.25) is 0 Å². The van der Waals surface area contributed by atoms with Crippen LogP contribution in [0.3, 0.4) is 0 Å². The zero-order chi connectivity index (χ0) is 18.1. The molecule has 0 aliphatic heterocycles. The summed E-state index contributed by atoms with van der Waals surface area (Å²) in [6.45, 7) is 9.69. The van der Waals surface area contributed by atoms with Crippen LogP contribution in [0.25, 0.3) is 0 Å². The normalized spacial score (nSPS) is 12.2. The van der Waals surface area contributed by atoms with Gasteiger partial charge in [-0.15, -0.1) is 0 Å². The molecule has 0 saturated carbocycles. The first-order valence-electron chi connectivity index (χ1n) is 9.90. The zero-order valence-corrected chi connectivity index (χ0v) is 16.5. The molecule has 0 heterocycles. The second-order valence-corrected chi connectivity index (χ2v) is 7.27. The van der Waals surface area contributed by atoms with Gasteiger partial charge in [-0.25, -0.2) is 0 Å². The average Bonchev–Trinajstić information content (AvgIpc) is 2.62. The van der Waals surface area contributed by atoms with E-state index in [0.717, 1.165) is 31.1 Å². The van der Waals surface area contributed by atoms with E-state index in [4.69, 9.17) is 4.74 Å². The lowest BCUT2D eigenvalue weighted by Crippen LogP contribution is -2.08. The smallest absolute Gasteiger partial charge is 0.119 e. The Morgan fingerprint density at radius 1 is 0.840 bits per heavy atom. The maximum absolute atomic E-state index is 5.92. The second-order valence-electron chi connectivity index (χ2n) is 7.27. The molecule has 0 aliphatic carbocycles. The highest BCUT2D eigenvalue weighted by Crippen LogP contribution is 2.22. The molecule has 1 atom stereocenters. The van der Waals surface area contributed by atoms with Crippen LogP contribution in [0.15, 0.2) is 42.5 Å².